The normalized spacial score (nSPS) is 26.3. The van der Waals surface area contributed by atoms with E-state index >= 15 is 0 Å². The molecule has 1 aliphatic rings. The molecule has 15 heavy (non-hydrogen) atoms. The fourth-order valence-electron chi connectivity index (χ4n) is 1.95. The van der Waals surface area contributed by atoms with Crippen molar-refractivity contribution in [2.75, 3.05) is 25.5 Å². The van der Waals surface area contributed by atoms with Crippen molar-refractivity contribution in [3.63, 3.8) is 0 Å². The third-order valence-corrected chi connectivity index (χ3v) is 2.83. The molecule has 0 aromatic rings. The van der Waals surface area contributed by atoms with Crippen LogP contribution >= 0.6 is 11.6 Å². The van der Waals surface area contributed by atoms with E-state index in [2.05, 4.69) is 38.7 Å². The van der Waals surface area contributed by atoms with Crippen LogP contribution < -0.4 is 0 Å². The Kier molecular flexibility index (Phi) is 4.63. The zero-order chi connectivity index (χ0) is 11.5. The van der Waals surface area contributed by atoms with Crippen molar-refractivity contribution in [3.8, 4) is 0 Å². The van der Waals surface area contributed by atoms with Crippen molar-refractivity contribution >= 4 is 11.6 Å². The van der Waals surface area contributed by atoms with E-state index < -0.39 is 0 Å². The van der Waals surface area contributed by atoms with Gasteiger partial charge in [-0.25, -0.2) is 0 Å². The highest BCUT2D eigenvalue weighted by atomic mass is 35.5. The van der Waals surface area contributed by atoms with Crippen LogP contribution in [0.5, 0.6) is 0 Å². The average molecular weight is 232 g/mol. The Labute approximate surface area is 98.2 Å². The summed E-state index contributed by atoms with van der Waals surface area (Å²) in [6.45, 7) is 11.4. The standard InChI is InChI=1S/C12H22ClNO/c1-10(2)5-6-14-8-11(7-13)15-12(3,4)9-14/h5,11H,6-9H2,1-4H3. The van der Waals surface area contributed by atoms with E-state index in [-0.39, 0.29) is 11.7 Å². The van der Waals surface area contributed by atoms with Gasteiger partial charge < -0.3 is 4.74 Å². The van der Waals surface area contributed by atoms with Crippen LogP contribution in [0.4, 0.5) is 0 Å². The first kappa shape index (κ1) is 13.0. The molecule has 1 aliphatic heterocycles. The number of hydrogen-bond donors (Lipinski definition) is 0. The monoisotopic (exact) mass is 231 g/mol. The zero-order valence-electron chi connectivity index (χ0n) is 10.2. The Morgan fingerprint density at radius 3 is 2.73 bits per heavy atom. The number of halogens is 1. The molecule has 0 radical (unpaired) electrons. The summed E-state index contributed by atoms with van der Waals surface area (Å²) in [6, 6.07) is 0. The van der Waals surface area contributed by atoms with Crippen LogP contribution in [0.25, 0.3) is 0 Å². The van der Waals surface area contributed by atoms with Crippen LogP contribution in [0.2, 0.25) is 0 Å². The quantitative estimate of drug-likeness (QED) is 0.547. The highest BCUT2D eigenvalue weighted by molar-refractivity contribution is 6.18. The van der Waals surface area contributed by atoms with Gasteiger partial charge in [0.2, 0.25) is 0 Å². The molecule has 0 saturated carbocycles. The van der Waals surface area contributed by atoms with E-state index in [1.165, 1.54) is 5.57 Å². The van der Waals surface area contributed by atoms with Crippen molar-refractivity contribution in [2.24, 2.45) is 0 Å². The molecule has 1 heterocycles. The van der Waals surface area contributed by atoms with Gasteiger partial charge in [0.25, 0.3) is 0 Å². The predicted molar refractivity (Wildman–Crippen MR) is 65.5 cm³/mol. The third kappa shape index (κ3) is 4.54. The SMILES string of the molecule is CC(C)=CCN1CC(CCl)OC(C)(C)C1. The summed E-state index contributed by atoms with van der Waals surface area (Å²) in [6.07, 6.45) is 2.42. The number of alkyl halides is 1. The molecule has 88 valence electrons. The maximum absolute atomic E-state index is 5.87. The van der Waals surface area contributed by atoms with Gasteiger partial charge in [-0.15, -0.1) is 11.6 Å². The van der Waals surface area contributed by atoms with Crippen molar-refractivity contribution in [1.82, 2.24) is 4.90 Å². The van der Waals surface area contributed by atoms with Gasteiger partial charge in [0.15, 0.2) is 0 Å². The highest BCUT2D eigenvalue weighted by Crippen LogP contribution is 2.21. The lowest BCUT2D eigenvalue weighted by Gasteiger charge is -2.42. The summed E-state index contributed by atoms with van der Waals surface area (Å²) in [7, 11) is 0. The first-order valence-electron chi connectivity index (χ1n) is 5.52. The second-order valence-corrected chi connectivity index (χ2v) is 5.44. The molecule has 0 aromatic carbocycles. The Morgan fingerprint density at radius 2 is 2.20 bits per heavy atom. The molecule has 1 atom stereocenters. The smallest absolute Gasteiger partial charge is 0.0845 e. The number of rotatable bonds is 3. The second-order valence-electron chi connectivity index (χ2n) is 5.13. The number of hydrogen-bond acceptors (Lipinski definition) is 2. The molecule has 0 aliphatic carbocycles. The molecular formula is C12H22ClNO. The lowest BCUT2D eigenvalue weighted by molar-refractivity contribution is -0.124. The van der Waals surface area contributed by atoms with Gasteiger partial charge in [0.1, 0.15) is 0 Å². The first-order chi connectivity index (χ1) is 6.93. The van der Waals surface area contributed by atoms with Crippen LogP contribution in [-0.2, 0) is 4.74 Å². The number of nitrogens with zero attached hydrogens (tertiary/aromatic N) is 1. The molecule has 3 heteroatoms. The van der Waals surface area contributed by atoms with E-state index in [1.54, 1.807) is 0 Å². The van der Waals surface area contributed by atoms with E-state index in [1.807, 2.05) is 0 Å². The Balaban J connectivity index is 2.54. The maximum Gasteiger partial charge on any atom is 0.0845 e. The van der Waals surface area contributed by atoms with Gasteiger partial charge in [-0.05, 0) is 27.7 Å². The van der Waals surface area contributed by atoms with Crippen molar-refractivity contribution in [2.45, 2.75) is 39.4 Å². The van der Waals surface area contributed by atoms with Crippen LogP contribution in [0.15, 0.2) is 11.6 Å². The van der Waals surface area contributed by atoms with E-state index in [9.17, 15) is 0 Å². The summed E-state index contributed by atoms with van der Waals surface area (Å²) in [5, 5.41) is 0. The number of allylic oxidation sites excluding steroid dienone is 1. The van der Waals surface area contributed by atoms with Crippen molar-refractivity contribution in [1.29, 1.82) is 0 Å². The fraction of sp³-hybridized carbons (Fsp3) is 0.833. The molecule has 1 rings (SSSR count). The van der Waals surface area contributed by atoms with Crippen LogP contribution in [-0.4, -0.2) is 42.1 Å². The highest BCUT2D eigenvalue weighted by Gasteiger charge is 2.32. The van der Waals surface area contributed by atoms with E-state index in [0.717, 1.165) is 19.6 Å². The van der Waals surface area contributed by atoms with Crippen LogP contribution in [0, 0.1) is 0 Å². The number of morpholine rings is 1. The van der Waals surface area contributed by atoms with Gasteiger partial charge in [-0.2, -0.15) is 0 Å². The van der Waals surface area contributed by atoms with Gasteiger partial charge >= 0.3 is 0 Å². The lowest BCUT2D eigenvalue weighted by atomic mass is 10.1. The summed E-state index contributed by atoms with van der Waals surface area (Å²) >= 11 is 5.87. The third-order valence-electron chi connectivity index (χ3n) is 2.48. The number of ether oxygens (including phenoxy) is 1. The van der Waals surface area contributed by atoms with Crippen molar-refractivity contribution in [3.05, 3.63) is 11.6 Å². The molecule has 0 spiro atoms. The molecule has 1 saturated heterocycles. The summed E-state index contributed by atoms with van der Waals surface area (Å²) in [4.78, 5) is 2.41. The van der Waals surface area contributed by atoms with Crippen LogP contribution in [0.1, 0.15) is 27.7 Å². The minimum atomic E-state index is -0.0761. The second kappa shape index (κ2) is 5.33. The molecule has 0 amide bonds. The van der Waals surface area contributed by atoms with E-state index in [0.29, 0.717) is 5.88 Å². The maximum atomic E-state index is 5.87. The molecule has 2 nitrogen and oxygen atoms in total. The zero-order valence-corrected chi connectivity index (χ0v) is 11.0. The predicted octanol–water partition coefficient (Wildman–Crippen LogP) is 2.67. The molecule has 1 unspecified atom stereocenters. The van der Waals surface area contributed by atoms with Gasteiger partial charge in [-0.3, -0.25) is 4.90 Å². The summed E-state index contributed by atoms with van der Waals surface area (Å²) in [5.74, 6) is 0.578. The Morgan fingerprint density at radius 1 is 1.53 bits per heavy atom. The van der Waals surface area contributed by atoms with Crippen molar-refractivity contribution < 1.29 is 4.74 Å². The van der Waals surface area contributed by atoms with E-state index in [4.69, 9.17) is 16.3 Å². The molecule has 1 fully saturated rings. The Hall–Kier alpha value is -0.0500. The first-order valence-corrected chi connectivity index (χ1v) is 6.06. The topological polar surface area (TPSA) is 12.5 Å². The largest absolute Gasteiger partial charge is 0.368 e. The summed E-state index contributed by atoms with van der Waals surface area (Å²) < 4.78 is 5.87. The average Bonchev–Trinajstić information content (AvgIpc) is 2.12. The van der Waals surface area contributed by atoms with Gasteiger partial charge in [0.05, 0.1) is 11.7 Å². The van der Waals surface area contributed by atoms with Crippen LogP contribution in [0.3, 0.4) is 0 Å². The lowest BCUT2D eigenvalue weighted by Crippen LogP contribution is -2.53. The van der Waals surface area contributed by atoms with Gasteiger partial charge in [0, 0.05) is 25.5 Å². The molecule has 0 N–H and O–H groups in total. The minimum Gasteiger partial charge on any atom is -0.368 e. The summed E-state index contributed by atoms with van der Waals surface area (Å²) in [5.41, 5.74) is 1.29. The fourth-order valence-corrected chi connectivity index (χ4v) is 2.11. The molecular weight excluding hydrogens is 210 g/mol. The minimum absolute atomic E-state index is 0.0761. The molecule has 0 aromatic heterocycles. The van der Waals surface area contributed by atoms with Gasteiger partial charge in [-0.1, -0.05) is 11.6 Å². The molecule has 0 bridgehead atoms. The Bertz CT molecular complexity index is 234.